The van der Waals surface area contributed by atoms with E-state index in [1.165, 1.54) is 16.8 Å². The Balaban J connectivity index is 0.000000515. The summed E-state index contributed by atoms with van der Waals surface area (Å²) in [6, 6.07) is 30.7. The second kappa shape index (κ2) is 34.6. The first-order valence-electron chi connectivity index (χ1n) is 28.0. The third-order valence-electron chi connectivity index (χ3n) is 13.6. The summed E-state index contributed by atoms with van der Waals surface area (Å²) in [6.07, 6.45) is -2.75. The van der Waals surface area contributed by atoms with Crippen LogP contribution < -0.4 is 20.7 Å². The predicted octanol–water partition coefficient (Wildman–Crippen LogP) is 8.97. The lowest BCUT2D eigenvalue weighted by atomic mass is 9.80. The van der Waals surface area contributed by atoms with E-state index in [0.29, 0.717) is 36.6 Å². The average molecular weight is 1260 g/mol. The smallest absolute Gasteiger partial charge is 0.330 e. The third kappa shape index (κ3) is 19.9. The summed E-state index contributed by atoms with van der Waals surface area (Å²) in [4.78, 5) is 32.2. The van der Waals surface area contributed by atoms with Crippen molar-refractivity contribution in [2.45, 2.75) is 123 Å². The van der Waals surface area contributed by atoms with E-state index < -0.39 is 67.4 Å². The molecule has 84 heavy (non-hydrogen) atoms. The maximum absolute atomic E-state index is 13.6. The van der Waals surface area contributed by atoms with Crippen molar-refractivity contribution >= 4 is 54.6 Å². The highest BCUT2D eigenvalue weighted by molar-refractivity contribution is 7.91. The molecule has 7 rings (SSSR count). The van der Waals surface area contributed by atoms with Gasteiger partial charge in [-0.3, -0.25) is 14.3 Å². The SMILES string of the molecule is CC(C)N(C(C)C)P(Cl)OCCC#N.CN1CCOCC1.COc1ccc(C(OC[C@H]2O[C@@H](n3ccc(=O)[nH]c3=O)[C@@H](OC(=S)N3CCS(=O)(=O)CC3)C2OP(OCCC#N)N(C(C)C)C(C)C)(c2ccccc2)c2ccc(OC)cc2)cc1. The van der Waals surface area contributed by atoms with Crippen LogP contribution in [0.5, 0.6) is 11.5 Å². The van der Waals surface area contributed by atoms with Crippen LogP contribution in [0.15, 0.2) is 101 Å². The standard InChI is InChI=1S/C44H54N5O11PS2.C9H18ClN2OP.C5H11NO/c1-30(2)49(31(3)4)61(57-26-10-22-45)60-39-37(58-41(48-23-21-38(50)46-42(48)51)40(39)59-43(62)47-24-27-63(52,53)28-25-47)29-56-44(32-11-8-7-9-12-32,33-13-17-35(54-5)18-14-33)34-15-19-36(55-6)20-16-34;1-8(2)12(9(3)4)14(10)13-7-5-6-11;1-6-2-4-7-5-3-6/h7-9,11-21,23,30-31,37,39-41H,10,24-29H2,1-6H3,(H,46,50,51);8-9H,5,7H2,1-4H3;2-5H2,1H3/t37-,39?,40+,41-,61?;;/m1../s1. The molecule has 6 atom stereocenters. The van der Waals surface area contributed by atoms with Crippen molar-refractivity contribution in [3.63, 3.8) is 0 Å². The van der Waals surface area contributed by atoms with Crippen molar-refractivity contribution in [2.75, 3.05) is 92.0 Å². The molecule has 1 N–H and O–H groups in total. The van der Waals surface area contributed by atoms with Gasteiger partial charge in [-0.05, 0) is 127 Å². The normalized spacial score (nSPS) is 19.7. The number of hydrogen-bond acceptors (Lipinski definition) is 19. The number of ether oxygens (including phenoxy) is 6. The van der Waals surface area contributed by atoms with Crippen LogP contribution in [-0.4, -0.2) is 177 Å². The lowest BCUT2D eigenvalue weighted by Crippen LogP contribution is -2.48. The molecule has 462 valence electrons. The summed E-state index contributed by atoms with van der Waals surface area (Å²) < 4.78 is 86.1. The Labute approximate surface area is 508 Å². The Kier molecular flexibility index (Phi) is 28.9. The first-order valence-corrected chi connectivity index (χ1v) is 33.5. The van der Waals surface area contributed by atoms with Crippen LogP contribution >= 0.6 is 39.6 Å². The molecule has 4 aromatic rings. The quantitative estimate of drug-likeness (QED) is 0.0298. The molecule has 26 heteroatoms. The highest BCUT2D eigenvalue weighted by Crippen LogP contribution is 2.52. The molecule has 0 bridgehead atoms. The van der Waals surface area contributed by atoms with Gasteiger partial charge >= 0.3 is 5.69 Å². The van der Waals surface area contributed by atoms with Gasteiger partial charge in [-0.2, -0.15) is 10.5 Å². The fraction of sp³-hybridized carbons (Fsp3) is 0.569. The lowest BCUT2D eigenvalue weighted by molar-refractivity contribution is -0.0944. The van der Waals surface area contributed by atoms with Crippen molar-refractivity contribution in [3.05, 3.63) is 129 Å². The Morgan fingerprint density at radius 2 is 1.27 bits per heavy atom. The Morgan fingerprint density at radius 3 is 1.74 bits per heavy atom. The minimum Gasteiger partial charge on any atom is -0.497 e. The molecule has 0 aliphatic carbocycles. The van der Waals surface area contributed by atoms with E-state index in [4.69, 9.17) is 70.7 Å². The van der Waals surface area contributed by atoms with Gasteiger partial charge in [0.25, 0.3) is 19.3 Å². The van der Waals surface area contributed by atoms with Crippen molar-refractivity contribution in [1.82, 2.24) is 28.7 Å². The van der Waals surface area contributed by atoms with Gasteiger partial charge in [0.15, 0.2) is 22.2 Å². The molecule has 0 spiro atoms. The summed E-state index contributed by atoms with van der Waals surface area (Å²) in [5, 5.41) is 17.8. The summed E-state index contributed by atoms with van der Waals surface area (Å²) in [7, 11) is -1.00. The van der Waals surface area contributed by atoms with E-state index in [1.807, 2.05) is 113 Å². The molecular weight excluding hydrogens is 1180 g/mol. The number of nitrogens with one attached hydrogen (secondary N) is 1. The van der Waals surface area contributed by atoms with Crippen molar-refractivity contribution in [1.29, 1.82) is 10.5 Å². The van der Waals surface area contributed by atoms with Gasteiger partial charge in [-0.15, -0.1) is 0 Å². The fourth-order valence-electron chi connectivity index (χ4n) is 9.56. The minimum absolute atomic E-state index is 0.0226. The van der Waals surface area contributed by atoms with E-state index in [0.717, 1.165) is 43.0 Å². The number of sulfone groups is 1. The highest BCUT2D eigenvalue weighted by atomic mass is 35.7. The topological polar surface area (TPSA) is 233 Å². The number of rotatable bonds is 24. The van der Waals surface area contributed by atoms with Crippen molar-refractivity contribution in [3.8, 4) is 23.6 Å². The summed E-state index contributed by atoms with van der Waals surface area (Å²) in [6.45, 7) is 20.9. The van der Waals surface area contributed by atoms with E-state index in [9.17, 15) is 23.3 Å². The molecule has 1 aromatic heterocycles. The Hall–Kier alpha value is -4.65. The first-order chi connectivity index (χ1) is 40.1. The molecule has 3 fully saturated rings. The van der Waals surface area contributed by atoms with Crippen LogP contribution in [0.2, 0.25) is 0 Å². The van der Waals surface area contributed by atoms with E-state index >= 15 is 0 Å². The number of aromatic nitrogens is 2. The number of nitrogens with zero attached hydrogens (tertiary/aromatic N) is 7. The van der Waals surface area contributed by atoms with Gasteiger partial charge in [0.2, 0.25) is 7.65 Å². The number of hydrogen-bond donors (Lipinski definition) is 1. The number of halogens is 1. The average Bonchev–Trinajstić information content (AvgIpc) is 2.71. The lowest BCUT2D eigenvalue weighted by Gasteiger charge is -2.39. The molecule has 3 aliphatic rings. The second-order valence-electron chi connectivity index (χ2n) is 21.0. The third-order valence-corrected chi connectivity index (χ3v) is 20.2. The number of likely N-dealkylation sites (N-methyl/N-ethyl adjacent to an activating group) is 1. The van der Waals surface area contributed by atoms with Gasteiger partial charge in [0, 0.05) is 62.6 Å². The Bertz CT molecular complexity index is 2870. The van der Waals surface area contributed by atoms with E-state index in [2.05, 4.69) is 60.0 Å². The number of aromatic amines is 1. The number of nitriles is 2. The fourth-order valence-corrected chi connectivity index (χ4v) is 15.2. The van der Waals surface area contributed by atoms with Gasteiger partial charge in [-0.1, -0.05) is 54.6 Å². The van der Waals surface area contributed by atoms with Gasteiger partial charge in [0.1, 0.15) is 29.3 Å². The number of morpholine rings is 1. The zero-order chi connectivity index (χ0) is 61.6. The van der Waals surface area contributed by atoms with Crippen molar-refractivity contribution in [2.24, 2.45) is 0 Å². The van der Waals surface area contributed by atoms with Crippen LogP contribution in [0.3, 0.4) is 0 Å². The molecule has 0 radical (unpaired) electrons. The van der Waals surface area contributed by atoms with Crippen LogP contribution in [0, 0.1) is 22.7 Å². The number of thiocarbonyl (C=S) groups is 1. The molecule has 3 aliphatic heterocycles. The molecule has 3 unspecified atom stereocenters. The van der Waals surface area contributed by atoms with Crippen LogP contribution in [0.4, 0.5) is 0 Å². The number of methoxy groups -OCH3 is 2. The van der Waals surface area contributed by atoms with Crippen LogP contribution in [0.25, 0.3) is 0 Å². The van der Waals surface area contributed by atoms with Gasteiger partial charge in [0.05, 0.1) is 83.7 Å². The molecule has 0 amide bonds. The van der Waals surface area contributed by atoms with Crippen molar-refractivity contribution < 1.29 is 50.4 Å². The second-order valence-corrected chi connectivity index (χ2v) is 27.1. The molecule has 0 saturated carbocycles. The predicted molar refractivity (Wildman–Crippen MR) is 331 cm³/mol. The van der Waals surface area contributed by atoms with Gasteiger partial charge < -0.3 is 51.8 Å². The number of H-pyrrole nitrogens is 1. The summed E-state index contributed by atoms with van der Waals surface area (Å²) in [5.74, 6) is 1.05. The maximum atomic E-state index is 13.6. The maximum Gasteiger partial charge on any atom is 0.330 e. The largest absolute Gasteiger partial charge is 0.497 e. The van der Waals surface area contributed by atoms with Crippen LogP contribution in [-0.2, 0) is 48.0 Å². The summed E-state index contributed by atoms with van der Waals surface area (Å²) in [5.41, 5.74) is -0.386. The monoisotopic (exact) mass is 1260 g/mol. The zero-order valence-corrected chi connectivity index (χ0v) is 54.2. The molecular formula is C58H83ClN8O13P2S2. The highest BCUT2D eigenvalue weighted by Gasteiger charge is 2.53. The minimum atomic E-state index is -3.27. The first kappa shape index (κ1) is 70.1. The zero-order valence-electron chi connectivity index (χ0n) is 50.0. The molecule has 3 saturated heterocycles. The summed E-state index contributed by atoms with van der Waals surface area (Å²) >= 11 is 12.0. The molecule has 3 aromatic carbocycles. The van der Waals surface area contributed by atoms with Crippen LogP contribution in [0.1, 0.15) is 91.1 Å². The van der Waals surface area contributed by atoms with E-state index in [1.54, 1.807) is 19.1 Å². The van der Waals surface area contributed by atoms with Gasteiger partial charge in [-0.25, -0.2) is 22.6 Å². The number of benzene rings is 3. The Morgan fingerprint density at radius 1 is 0.762 bits per heavy atom. The molecule has 21 nitrogen and oxygen atoms in total. The van der Waals surface area contributed by atoms with E-state index in [-0.39, 0.29) is 61.5 Å². The molecule has 4 heterocycles.